The molecule has 0 atom stereocenters. The van der Waals surface area contributed by atoms with Crippen LogP contribution >= 0.6 is 0 Å². The molecule has 4 nitrogen and oxygen atoms in total. The lowest BCUT2D eigenvalue weighted by atomic mass is 9.57. The van der Waals surface area contributed by atoms with Gasteiger partial charge in [-0.3, -0.25) is 0 Å². The Balaban J connectivity index is 1.98. The van der Waals surface area contributed by atoms with Crippen molar-refractivity contribution in [3.63, 3.8) is 0 Å². The van der Waals surface area contributed by atoms with Crippen LogP contribution in [0.15, 0.2) is 0 Å². The minimum absolute atomic E-state index is 0.322. The molecule has 2 rings (SSSR count). The van der Waals surface area contributed by atoms with E-state index in [1.807, 2.05) is 0 Å². The van der Waals surface area contributed by atoms with E-state index in [1.165, 1.54) is 44.8 Å². The van der Waals surface area contributed by atoms with Gasteiger partial charge < -0.3 is 10.1 Å². The molecule has 0 unspecified atom stereocenters. The summed E-state index contributed by atoms with van der Waals surface area (Å²) in [5.74, 6) is 0. The average molecular weight is 303 g/mol. The molecule has 0 saturated heterocycles. The second kappa shape index (κ2) is 6.32. The van der Waals surface area contributed by atoms with E-state index in [2.05, 4.69) is 5.32 Å². The zero-order chi connectivity index (χ0) is 14.7. The molecule has 20 heavy (non-hydrogen) atoms. The first kappa shape index (κ1) is 16.2. The first-order valence-corrected chi connectivity index (χ1v) is 9.72. The highest BCUT2D eigenvalue weighted by Gasteiger charge is 2.58. The van der Waals surface area contributed by atoms with Crippen molar-refractivity contribution in [2.75, 3.05) is 33.1 Å². The van der Waals surface area contributed by atoms with Crippen LogP contribution in [-0.4, -0.2) is 46.2 Å². The Morgan fingerprint density at radius 2 is 1.70 bits per heavy atom. The lowest BCUT2D eigenvalue weighted by molar-refractivity contribution is 0.0548. The predicted octanol–water partition coefficient (Wildman–Crippen LogP) is 2.14. The molecule has 0 aromatic heterocycles. The van der Waals surface area contributed by atoms with Crippen molar-refractivity contribution in [2.24, 2.45) is 5.41 Å². The number of methoxy groups -OCH3 is 1. The SMILES string of the molecule is COCCNCC1(S(C)(=O)=O)CC2(CCCCCC2)C1. The van der Waals surface area contributed by atoms with Crippen LogP contribution in [0.5, 0.6) is 0 Å². The third kappa shape index (κ3) is 3.37. The van der Waals surface area contributed by atoms with Crippen molar-refractivity contribution in [3.8, 4) is 0 Å². The number of sulfone groups is 1. The minimum Gasteiger partial charge on any atom is -0.383 e. The topological polar surface area (TPSA) is 55.4 Å². The number of hydrogen-bond acceptors (Lipinski definition) is 4. The van der Waals surface area contributed by atoms with Gasteiger partial charge in [-0.15, -0.1) is 0 Å². The van der Waals surface area contributed by atoms with Crippen LogP contribution in [0, 0.1) is 5.41 Å². The second-order valence-electron chi connectivity index (χ2n) is 6.89. The molecule has 118 valence electrons. The molecule has 5 heteroatoms. The molecular weight excluding hydrogens is 274 g/mol. The van der Waals surface area contributed by atoms with Gasteiger partial charge in [0.15, 0.2) is 9.84 Å². The van der Waals surface area contributed by atoms with Gasteiger partial charge in [0.05, 0.1) is 11.4 Å². The Labute approximate surface area is 123 Å². The summed E-state index contributed by atoms with van der Waals surface area (Å²) in [5, 5.41) is 3.27. The summed E-state index contributed by atoms with van der Waals surface area (Å²) in [6.45, 7) is 1.93. The maximum atomic E-state index is 12.2. The molecule has 0 aliphatic heterocycles. The van der Waals surface area contributed by atoms with Gasteiger partial charge >= 0.3 is 0 Å². The van der Waals surface area contributed by atoms with Crippen molar-refractivity contribution >= 4 is 9.84 Å². The lowest BCUT2D eigenvalue weighted by Crippen LogP contribution is -2.61. The van der Waals surface area contributed by atoms with Gasteiger partial charge in [0.2, 0.25) is 0 Å². The third-order valence-corrected chi connectivity index (χ3v) is 7.28. The molecule has 0 aromatic carbocycles. The van der Waals surface area contributed by atoms with Crippen molar-refractivity contribution in [2.45, 2.75) is 56.1 Å². The predicted molar refractivity (Wildman–Crippen MR) is 81.7 cm³/mol. The van der Waals surface area contributed by atoms with Gasteiger partial charge in [0.25, 0.3) is 0 Å². The molecule has 2 fully saturated rings. The summed E-state index contributed by atoms with van der Waals surface area (Å²) in [4.78, 5) is 0. The van der Waals surface area contributed by atoms with Crippen molar-refractivity contribution in [1.29, 1.82) is 0 Å². The Bertz CT molecular complexity index is 403. The van der Waals surface area contributed by atoms with Crippen LogP contribution in [0.2, 0.25) is 0 Å². The highest BCUT2D eigenvalue weighted by atomic mass is 32.2. The number of rotatable bonds is 6. The van der Waals surface area contributed by atoms with Gasteiger partial charge in [-0.2, -0.15) is 0 Å². The molecule has 0 heterocycles. The molecule has 0 amide bonds. The number of ether oxygens (including phenoxy) is 1. The second-order valence-corrected chi connectivity index (χ2v) is 9.30. The fourth-order valence-electron chi connectivity index (χ4n) is 4.16. The first-order chi connectivity index (χ1) is 9.43. The van der Waals surface area contributed by atoms with Crippen molar-refractivity contribution in [1.82, 2.24) is 5.32 Å². The summed E-state index contributed by atoms with van der Waals surface area (Å²) >= 11 is 0. The fourth-order valence-corrected chi connectivity index (χ4v) is 5.66. The van der Waals surface area contributed by atoms with Crippen LogP contribution in [0.3, 0.4) is 0 Å². The standard InChI is InChI=1S/C15H29NO3S/c1-19-10-9-16-13-15(20(2,17)18)11-14(12-15)7-5-3-4-6-8-14/h16H,3-13H2,1-2H3. The van der Waals surface area contributed by atoms with Crippen LogP contribution < -0.4 is 5.32 Å². The maximum Gasteiger partial charge on any atom is 0.154 e. The minimum atomic E-state index is -3.01. The summed E-state index contributed by atoms with van der Waals surface area (Å²) < 4.78 is 29.0. The Morgan fingerprint density at radius 1 is 1.10 bits per heavy atom. The molecule has 2 saturated carbocycles. The quantitative estimate of drug-likeness (QED) is 0.764. The number of nitrogens with one attached hydrogen (secondary N) is 1. The van der Waals surface area contributed by atoms with Crippen LogP contribution in [0.25, 0.3) is 0 Å². The fraction of sp³-hybridized carbons (Fsp3) is 1.00. The lowest BCUT2D eigenvalue weighted by Gasteiger charge is -2.55. The molecule has 0 radical (unpaired) electrons. The van der Waals surface area contributed by atoms with Crippen LogP contribution in [0.1, 0.15) is 51.4 Å². The van der Waals surface area contributed by atoms with Gasteiger partial charge in [0, 0.05) is 26.5 Å². The summed E-state index contributed by atoms with van der Waals surface area (Å²) in [6, 6.07) is 0. The average Bonchev–Trinajstić information content (AvgIpc) is 2.57. The molecule has 2 aliphatic carbocycles. The summed E-state index contributed by atoms with van der Waals surface area (Å²) in [7, 11) is -1.34. The largest absolute Gasteiger partial charge is 0.383 e. The van der Waals surface area contributed by atoms with E-state index in [9.17, 15) is 8.42 Å². The normalized spacial score (nSPS) is 25.1. The van der Waals surface area contributed by atoms with Gasteiger partial charge in [0.1, 0.15) is 0 Å². The van der Waals surface area contributed by atoms with Crippen LogP contribution in [-0.2, 0) is 14.6 Å². The number of hydrogen-bond donors (Lipinski definition) is 1. The Morgan fingerprint density at radius 3 is 2.20 bits per heavy atom. The van der Waals surface area contributed by atoms with Gasteiger partial charge in [-0.05, 0) is 31.1 Å². The molecule has 2 aliphatic rings. The molecule has 0 bridgehead atoms. The van der Waals surface area contributed by atoms with E-state index in [4.69, 9.17) is 4.74 Å². The van der Waals surface area contributed by atoms with E-state index in [1.54, 1.807) is 7.11 Å². The Kier molecular flexibility index (Phi) is 5.14. The molecule has 1 N–H and O–H groups in total. The van der Waals surface area contributed by atoms with E-state index in [-0.39, 0.29) is 0 Å². The summed E-state index contributed by atoms with van der Waals surface area (Å²) in [5.41, 5.74) is 0.322. The summed E-state index contributed by atoms with van der Waals surface area (Å²) in [6.07, 6.45) is 10.8. The smallest absolute Gasteiger partial charge is 0.154 e. The monoisotopic (exact) mass is 303 g/mol. The van der Waals surface area contributed by atoms with E-state index < -0.39 is 14.6 Å². The van der Waals surface area contributed by atoms with E-state index in [0.717, 1.165) is 19.4 Å². The molecule has 1 spiro atoms. The van der Waals surface area contributed by atoms with Crippen molar-refractivity contribution < 1.29 is 13.2 Å². The van der Waals surface area contributed by atoms with E-state index in [0.29, 0.717) is 18.6 Å². The highest BCUT2D eigenvalue weighted by molar-refractivity contribution is 7.92. The zero-order valence-electron chi connectivity index (χ0n) is 12.9. The van der Waals surface area contributed by atoms with Gasteiger partial charge in [-0.1, -0.05) is 25.7 Å². The Hall–Kier alpha value is -0.130. The zero-order valence-corrected chi connectivity index (χ0v) is 13.7. The maximum absolute atomic E-state index is 12.2. The van der Waals surface area contributed by atoms with Gasteiger partial charge in [-0.25, -0.2) is 8.42 Å². The van der Waals surface area contributed by atoms with E-state index >= 15 is 0 Å². The van der Waals surface area contributed by atoms with Crippen LogP contribution in [0.4, 0.5) is 0 Å². The first-order valence-electron chi connectivity index (χ1n) is 7.82. The highest BCUT2D eigenvalue weighted by Crippen LogP contribution is 2.58. The molecular formula is C15H29NO3S. The third-order valence-electron chi connectivity index (χ3n) is 5.28. The van der Waals surface area contributed by atoms with Crippen molar-refractivity contribution in [3.05, 3.63) is 0 Å². The molecule has 0 aromatic rings.